The number of unbranched alkanes of at least 4 members (excludes halogenated alkanes) is 1. The van der Waals surface area contributed by atoms with Crippen LogP contribution in [0.25, 0.3) is 0 Å². The van der Waals surface area contributed by atoms with E-state index < -0.39 is 5.54 Å². The average molecular weight is 196 g/mol. The van der Waals surface area contributed by atoms with Gasteiger partial charge in [-0.1, -0.05) is 19.8 Å². The van der Waals surface area contributed by atoms with Crippen molar-refractivity contribution in [3.8, 4) is 0 Å². The summed E-state index contributed by atoms with van der Waals surface area (Å²) in [5.74, 6) is -0.328. The first-order chi connectivity index (χ1) is 5.04. The summed E-state index contributed by atoms with van der Waals surface area (Å²) in [5, 5.41) is 0. The highest BCUT2D eigenvalue weighted by atomic mass is 35.5. The van der Waals surface area contributed by atoms with Gasteiger partial charge in [0.15, 0.2) is 0 Å². The second-order valence-corrected chi connectivity index (χ2v) is 3.01. The predicted octanol–water partition coefficient (Wildman–Crippen LogP) is 1.49. The Bertz CT molecular complexity index is 137. The molecular formula is C8H18ClNO2. The number of hydrogen-bond acceptors (Lipinski definition) is 3. The van der Waals surface area contributed by atoms with Crippen LogP contribution in [0.4, 0.5) is 0 Å². The van der Waals surface area contributed by atoms with E-state index in [9.17, 15) is 4.79 Å². The normalized spacial score (nSPS) is 14.3. The van der Waals surface area contributed by atoms with Crippen molar-refractivity contribution in [1.82, 2.24) is 0 Å². The number of hydrogen-bond donors (Lipinski definition) is 1. The summed E-state index contributed by atoms with van der Waals surface area (Å²) in [6, 6.07) is 0. The molecular weight excluding hydrogens is 178 g/mol. The van der Waals surface area contributed by atoms with Crippen LogP contribution in [0.3, 0.4) is 0 Å². The molecule has 0 bridgehead atoms. The zero-order valence-corrected chi connectivity index (χ0v) is 8.74. The van der Waals surface area contributed by atoms with Crippen LogP contribution in [-0.2, 0) is 9.53 Å². The number of nitrogens with two attached hydrogens (primary N) is 1. The summed E-state index contributed by atoms with van der Waals surface area (Å²) in [7, 11) is 1.36. The maximum absolute atomic E-state index is 11.0. The maximum atomic E-state index is 11.0. The van der Waals surface area contributed by atoms with Gasteiger partial charge in [0.25, 0.3) is 0 Å². The summed E-state index contributed by atoms with van der Waals surface area (Å²) in [6.45, 7) is 3.77. The number of halogens is 1. The summed E-state index contributed by atoms with van der Waals surface area (Å²) in [4.78, 5) is 11.0. The molecule has 0 aromatic rings. The molecule has 3 nitrogen and oxygen atoms in total. The van der Waals surface area contributed by atoms with E-state index in [0.717, 1.165) is 12.8 Å². The number of methoxy groups -OCH3 is 1. The second-order valence-electron chi connectivity index (χ2n) is 3.01. The Morgan fingerprint density at radius 1 is 1.58 bits per heavy atom. The molecule has 74 valence electrons. The molecule has 12 heavy (non-hydrogen) atoms. The second kappa shape index (κ2) is 6.26. The van der Waals surface area contributed by atoms with Crippen LogP contribution in [0.1, 0.15) is 33.1 Å². The maximum Gasteiger partial charge on any atom is 0.325 e. The third-order valence-electron chi connectivity index (χ3n) is 1.70. The summed E-state index contributed by atoms with van der Waals surface area (Å²) in [5.41, 5.74) is 4.88. The summed E-state index contributed by atoms with van der Waals surface area (Å²) in [6.07, 6.45) is 2.70. The van der Waals surface area contributed by atoms with Crippen molar-refractivity contribution in [2.45, 2.75) is 38.6 Å². The molecule has 0 aliphatic heterocycles. The first-order valence-electron chi connectivity index (χ1n) is 3.92. The van der Waals surface area contributed by atoms with Gasteiger partial charge in [-0.25, -0.2) is 0 Å². The number of esters is 1. The monoisotopic (exact) mass is 195 g/mol. The van der Waals surface area contributed by atoms with Gasteiger partial charge in [0.1, 0.15) is 5.54 Å². The molecule has 0 fully saturated rings. The standard InChI is InChI=1S/C8H17NO2.ClH/c1-4-5-6-8(2,9)7(10)11-3;/h4-6,9H2,1-3H3;1H/t8-;/m1./s1. The highest BCUT2D eigenvalue weighted by Gasteiger charge is 2.28. The van der Waals surface area contributed by atoms with E-state index in [2.05, 4.69) is 11.7 Å². The molecule has 0 aromatic heterocycles. The smallest absolute Gasteiger partial charge is 0.325 e. The molecule has 0 heterocycles. The molecule has 0 saturated heterocycles. The van der Waals surface area contributed by atoms with Gasteiger partial charge in [-0.3, -0.25) is 4.79 Å². The third-order valence-corrected chi connectivity index (χ3v) is 1.70. The van der Waals surface area contributed by atoms with Crippen molar-refractivity contribution in [2.75, 3.05) is 7.11 Å². The largest absolute Gasteiger partial charge is 0.468 e. The minimum atomic E-state index is -0.801. The quantitative estimate of drug-likeness (QED) is 0.692. The van der Waals surface area contributed by atoms with Crippen molar-refractivity contribution in [2.24, 2.45) is 5.73 Å². The third kappa shape index (κ3) is 4.57. The van der Waals surface area contributed by atoms with E-state index in [1.807, 2.05) is 0 Å². The van der Waals surface area contributed by atoms with Crippen LogP contribution in [-0.4, -0.2) is 18.6 Å². The molecule has 0 rings (SSSR count). The van der Waals surface area contributed by atoms with E-state index in [1.54, 1.807) is 6.92 Å². The van der Waals surface area contributed by atoms with Gasteiger partial charge < -0.3 is 10.5 Å². The van der Waals surface area contributed by atoms with Gasteiger partial charge in [-0.05, 0) is 13.3 Å². The van der Waals surface area contributed by atoms with Crippen LogP contribution in [0.15, 0.2) is 0 Å². The van der Waals surface area contributed by atoms with E-state index >= 15 is 0 Å². The highest BCUT2D eigenvalue weighted by molar-refractivity contribution is 5.85. The van der Waals surface area contributed by atoms with E-state index in [0.29, 0.717) is 6.42 Å². The Kier molecular flexibility index (Phi) is 7.44. The lowest BCUT2D eigenvalue weighted by Gasteiger charge is -2.20. The lowest BCUT2D eigenvalue weighted by Crippen LogP contribution is -2.45. The number of rotatable bonds is 4. The van der Waals surface area contributed by atoms with Crippen LogP contribution < -0.4 is 5.73 Å². The number of carbonyl (C=O) groups excluding carboxylic acids is 1. The SMILES string of the molecule is CCCC[C@@](C)(N)C(=O)OC.Cl. The lowest BCUT2D eigenvalue weighted by atomic mass is 9.97. The van der Waals surface area contributed by atoms with Crippen LogP contribution in [0.5, 0.6) is 0 Å². The lowest BCUT2D eigenvalue weighted by molar-refractivity contribution is -0.146. The van der Waals surface area contributed by atoms with Crippen molar-refractivity contribution in [3.63, 3.8) is 0 Å². The van der Waals surface area contributed by atoms with Crippen molar-refractivity contribution >= 4 is 18.4 Å². The average Bonchev–Trinajstić information content (AvgIpc) is 1.99. The fourth-order valence-corrected chi connectivity index (χ4v) is 0.879. The number of carbonyl (C=O) groups is 1. The Morgan fingerprint density at radius 2 is 2.08 bits per heavy atom. The molecule has 0 saturated carbocycles. The molecule has 0 spiro atoms. The first kappa shape index (κ1) is 14.3. The Labute approximate surface area is 80.1 Å². The van der Waals surface area contributed by atoms with Gasteiger partial charge >= 0.3 is 5.97 Å². The predicted molar refractivity (Wildman–Crippen MR) is 51.4 cm³/mol. The van der Waals surface area contributed by atoms with Gasteiger partial charge in [-0.15, -0.1) is 12.4 Å². The summed E-state index contributed by atoms with van der Waals surface area (Å²) >= 11 is 0. The fraction of sp³-hybridized carbons (Fsp3) is 0.875. The van der Waals surface area contributed by atoms with Gasteiger partial charge in [0, 0.05) is 0 Å². The Morgan fingerprint density at radius 3 is 2.42 bits per heavy atom. The highest BCUT2D eigenvalue weighted by Crippen LogP contribution is 2.11. The van der Waals surface area contributed by atoms with Crippen LogP contribution in [0.2, 0.25) is 0 Å². The Hall–Kier alpha value is -0.280. The van der Waals surface area contributed by atoms with Gasteiger partial charge in [-0.2, -0.15) is 0 Å². The number of ether oxygens (including phenoxy) is 1. The molecule has 1 atom stereocenters. The van der Waals surface area contributed by atoms with Gasteiger partial charge in [0.2, 0.25) is 0 Å². The van der Waals surface area contributed by atoms with Crippen LogP contribution in [0, 0.1) is 0 Å². The van der Waals surface area contributed by atoms with E-state index in [4.69, 9.17) is 5.73 Å². The minimum absolute atomic E-state index is 0. The Balaban J connectivity index is 0. The zero-order valence-electron chi connectivity index (χ0n) is 7.92. The van der Waals surface area contributed by atoms with Crippen molar-refractivity contribution < 1.29 is 9.53 Å². The summed E-state index contributed by atoms with van der Waals surface area (Å²) < 4.78 is 4.55. The first-order valence-corrected chi connectivity index (χ1v) is 3.92. The van der Waals surface area contributed by atoms with E-state index in [1.165, 1.54) is 7.11 Å². The van der Waals surface area contributed by atoms with Crippen LogP contribution >= 0.6 is 12.4 Å². The van der Waals surface area contributed by atoms with Crippen molar-refractivity contribution in [3.05, 3.63) is 0 Å². The fourth-order valence-electron chi connectivity index (χ4n) is 0.879. The van der Waals surface area contributed by atoms with Gasteiger partial charge in [0.05, 0.1) is 7.11 Å². The topological polar surface area (TPSA) is 52.3 Å². The van der Waals surface area contributed by atoms with E-state index in [-0.39, 0.29) is 18.4 Å². The molecule has 0 amide bonds. The molecule has 4 heteroatoms. The van der Waals surface area contributed by atoms with Crippen molar-refractivity contribution in [1.29, 1.82) is 0 Å². The minimum Gasteiger partial charge on any atom is -0.468 e. The molecule has 2 N–H and O–H groups in total. The molecule has 0 aliphatic rings. The zero-order chi connectivity index (χ0) is 8.91. The molecule has 0 radical (unpaired) electrons. The molecule has 0 aliphatic carbocycles. The molecule has 0 aromatic carbocycles. The molecule has 0 unspecified atom stereocenters.